The zero-order valence-electron chi connectivity index (χ0n) is 9.99. The van der Waals surface area contributed by atoms with Crippen LogP contribution in [0.4, 0.5) is 4.39 Å². The quantitative estimate of drug-likeness (QED) is 0.872. The standard InChI is InChI=1S/C13H15FN2O2/c14-13-2-1-10(6-15)5-11(13)8-17-9-12-7-16-3-4-18-12/h1-2,5,12,16H,3-4,7-9H2. The molecule has 1 aliphatic heterocycles. The summed E-state index contributed by atoms with van der Waals surface area (Å²) in [6.07, 6.45) is 0.0148. The van der Waals surface area contributed by atoms with Crippen LogP contribution in [0.2, 0.25) is 0 Å². The Hall–Kier alpha value is -1.48. The smallest absolute Gasteiger partial charge is 0.128 e. The van der Waals surface area contributed by atoms with E-state index in [1.165, 1.54) is 18.2 Å². The third-order valence-corrected chi connectivity index (χ3v) is 2.74. The van der Waals surface area contributed by atoms with Crippen LogP contribution in [0.15, 0.2) is 18.2 Å². The summed E-state index contributed by atoms with van der Waals surface area (Å²) in [6.45, 7) is 2.85. The minimum Gasteiger partial charge on any atom is -0.374 e. The van der Waals surface area contributed by atoms with Crippen LogP contribution in [-0.4, -0.2) is 32.4 Å². The van der Waals surface area contributed by atoms with Gasteiger partial charge in [0, 0.05) is 18.7 Å². The number of hydrogen-bond donors (Lipinski definition) is 1. The molecule has 1 aliphatic rings. The predicted molar refractivity (Wildman–Crippen MR) is 63.4 cm³/mol. The third kappa shape index (κ3) is 3.50. The predicted octanol–water partition coefficient (Wildman–Crippen LogP) is 1.20. The Balaban J connectivity index is 1.84. The Kier molecular flexibility index (Phi) is 4.65. The zero-order chi connectivity index (χ0) is 12.8. The topological polar surface area (TPSA) is 54.3 Å². The first-order valence-electron chi connectivity index (χ1n) is 5.88. The van der Waals surface area contributed by atoms with Crippen LogP contribution in [0.1, 0.15) is 11.1 Å². The van der Waals surface area contributed by atoms with Crippen molar-refractivity contribution in [3.8, 4) is 6.07 Å². The fourth-order valence-electron chi connectivity index (χ4n) is 1.78. The van der Waals surface area contributed by atoms with Crippen molar-refractivity contribution in [2.75, 3.05) is 26.3 Å². The van der Waals surface area contributed by atoms with Crippen molar-refractivity contribution in [2.24, 2.45) is 0 Å². The Morgan fingerprint density at radius 1 is 1.56 bits per heavy atom. The van der Waals surface area contributed by atoms with Gasteiger partial charge in [0.05, 0.1) is 37.6 Å². The minimum atomic E-state index is -0.350. The van der Waals surface area contributed by atoms with Gasteiger partial charge < -0.3 is 14.8 Å². The molecule has 0 radical (unpaired) electrons. The Morgan fingerprint density at radius 2 is 2.44 bits per heavy atom. The van der Waals surface area contributed by atoms with Gasteiger partial charge in [0.2, 0.25) is 0 Å². The summed E-state index contributed by atoms with van der Waals surface area (Å²) in [4.78, 5) is 0. The lowest BCUT2D eigenvalue weighted by atomic mass is 10.1. The molecule has 0 aromatic heterocycles. The second kappa shape index (κ2) is 6.45. The van der Waals surface area contributed by atoms with E-state index in [0.29, 0.717) is 24.3 Å². The highest BCUT2D eigenvalue weighted by molar-refractivity contribution is 5.33. The largest absolute Gasteiger partial charge is 0.374 e. The molecule has 1 atom stereocenters. The molecule has 1 heterocycles. The van der Waals surface area contributed by atoms with Crippen molar-refractivity contribution in [2.45, 2.75) is 12.7 Å². The number of halogens is 1. The first-order valence-corrected chi connectivity index (χ1v) is 5.88. The van der Waals surface area contributed by atoms with E-state index in [1.807, 2.05) is 6.07 Å². The van der Waals surface area contributed by atoms with E-state index in [1.54, 1.807) is 0 Å². The molecule has 0 saturated carbocycles. The highest BCUT2D eigenvalue weighted by Gasteiger charge is 2.13. The molecule has 4 nitrogen and oxygen atoms in total. The lowest BCUT2D eigenvalue weighted by molar-refractivity contribution is -0.0361. The molecule has 1 unspecified atom stereocenters. The highest BCUT2D eigenvalue weighted by Crippen LogP contribution is 2.11. The number of ether oxygens (including phenoxy) is 2. The minimum absolute atomic E-state index is 0.0148. The Bertz CT molecular complexity index is 439. The number of nitrogens with zero attached hydrogens (tertiary/aromatic N) is 1. The number of hydrogen-bond acceptors (Lipinski definition) is 4. The molecule has 1 saturated heterocycles. The van der Waals surface area contributed by atoms with Crippen molar-refractivity contribution >= 4 is 0 Å². The second-order valence-electron chi connectivity index (χ2n) is 4.13. The van der Waals surface area contributed by atoms with E-state index < -0.39 is 0 Å². The van der Waals surface area contributed by atoms with Gasteiger partial charge >= 0.3 is 0 Å². The second-order valence-corrected chi connectivity index (χ2v) is 4.13. The number of nitriles is 1. The molecule has 0 bridgehead atoms. The van der Waals surface area contributed by atoms with Gasteiger partial charge in [0.15, 0.2) is 0 Å². The Labute approximate surface area is 105 Å². The van der Waals surface area contributed by atoms with Crippen LogP contribution in [0.5, 0.6) is 0 Å². The number of nitrogens with one attached hydrogen (secondary N) is 1. The first-order chi connectivity index (χ1) is 8.79. The van der Waals surface area contributed by atoms with Crippen molar-refractivity contribution in [3.63, 3.8) is 0 Å². The van der Waals surface area contributed by atoms with Gasteiger partial charge in [0.1, 0.15) is 5.82 Å². The first kappa shape index (κ1) is 13.0. The van der Waals surface area contributed by atoms with E-state index in [4.69, 9.17) is 14.7 Å². The van der Waals surface area contributed by atoms with Crippen LogP contribution < -0.4 is 5.32 Å². The van der Waals surface area contributed by atoms with E-state index in [9.17, 15) is 4.39 Å². The third-order valence-electron chi connectivity index (χ3n) is 2.74. The summed E-state index contributed by atoms with van der Waals surface area (Å²) in [7, 11) is 0. The monoisotopic (exact) mass is 250 g/mol. The molecule has 0 aliphatic carbocycles. The van der Waals surface area contributed by atoms with E-state index in [0.717, 1.165) is 13.1 Å². The van der Waals surface area contributed by atoms with Crippen LogP contribution in [0.3, 0.4) is 0 Å². The molecular formula is C13H15FN2O2. The highest BCUT2D eigenvalue weighted by atomic mass is 19.1. The van der Waals surface area contributed by atoms with E-state index in [2.05, 4.69) is 5.32 Å². The average Bonchev–Trinajstić information content (AvgIpc) is 2.42. The van der Waals surface area contributed by atoms with Gasteiger partial charge in [-0.05, 0) is 18.2 Å². The summed E-state index contributed by atoms with van der Waals surface area (Å²) in [5, 5.41) is 11.9. The SMILES string of the molecule is N#Cc1ccc(F)c(COCC2CNCCO2)c1. The summed E-state index contributed by atoms with van der Waals surface area (Å²) in [5.74, 6) is -0.350. The molecule has 1 aromatic carbocycles. The fourth-order valence-corrected chi connectivity index (χ4v) is 1.78. The number of rotatable bonds is 4. The van der Waals surface area contributed by atoms with Gasteiger partial charge in [-0.2, -0.15) is 5.26 Å². The maximum atomic E-state index is 13.4. The van der Waals surface area contributed by atoms with Crippen molar-refractivity contribution in [3.05, 3.63) is 35.1 Å². The summed E-state index contributed by atoms with van der Waals surface area (Å²) in [6, 6.07) is 6.23. The van der Waals surface area contributed by atoms with Gasteiger partial charge in [-0.25, -0.2) is 4.39 Å². The Morgan fingerprint density at radius 3 is 3.17 bits per heavy atom. The maximum Gasteiger partial charge on any atom is 0.128 e. The molecule has 5 heteroatoms. The van der Waals surface area contributed by atoms with Crippen molar-refractivity contribution in [1.29, 1.82) is 5.26 Å². The van der Waals surface area contributed by atoms with Gasteiger partial charge in [0.25, 0.3) is 0 Å². The van der Waals surface area contributed by atoms with Crippen LogP contribution in [-0.2, 0) is 16.1 Å². The van der Waals surface area contributed by atoms with Crippen LogP contribution in [0, 0.1) is 17.1 Å². The molecule has 1 fully saturated rings. The average molecular weight is 250 g/mol. The van der Waals surface area contributed by atoms with E-state index >= 15 is 0 Å². The summed E-state index contributed by atoms with van der Waals surface area (Å²) < 4.78 is 24.3. The maximum absolute atomic E-state index is 13.4. The lowest BCUT2D eigenvalue weighted by Gasteiger charge is -2.23. The fraction of sp³-hybridized carbons (Fsp3) is 0.462. The molecule has 1 aromatic rings. The molecular weight excluding hydrogens is 235 g/mol. The van der Waals surface area contributed by atoms with Crippen LogP contribution >= 0.6 is 0 Å². The molecule has 18 heavy (non-hydrogen) atoms. The van der Waals surface area contributed by atoms with Crippen LogP contribution in [0.25, 0.3) is 0 Å². The van der Waals surface area contributed by atoms with Gasteiger partial charge in [-0.15, -0.1) is 0 Å². The normalized spacial score (nSPS) is 19.4. The number of morpholine rings is 1. The van der Waals surface area contributed by atoms with E-state index in [-0.39, 0.29) is 18.5 Å². The van der Waals surface area contributed by atoms with Gasteiger partial charge in [-0.3, -0.25) is 0 Å². The zero-order valence-corrected chi connectivity index (χ0v) is 9.99. The summed E-state index contributed by atoms with van der Waals surface area (Å²) in [5.41, 5.74) is 0.836. The lowest BCUT2D eigenvalue weighted by Crippen LogP contribution is -2.40. The molecule has 0 spiro atoms. The van der Waals surface area contributed by atoms with Gasteiger partial charge in [-0.1, -0.05) is 0 Å². The summed E-state index contributed by atoms with van der Waals surface area (Å²) >= 11 is 0. The number of benzene rings is 1. The molecule has 1 N–H and O–H groups in total. The molecule has 96 valence electrons. The van der Waals surface area contributed by atoms with Crippen molar-refractivity contribution in [1.82, 2.24) is 5.32 Å². The molecule has 0 amide bonds. The van der Waals surface area contributed by atoms with Crippen molar-refractivity contribution < 1.29 is 13.9 Å². The molecule has 2 rings (SSSR count).